The first-order chi connectivity index (χ1) is 10.6. The van der Waals surface area contributed by atoms with Crippen molar-refractivity contribution >= 4 is 41.7 Å². The molecule has 2 atom stereocenters. The Morgan fingerprint density at radius 1 is 1.39 bits per heavy atom. The molecule has 1 N–H and O–H groups in total. The van der Waals surface area contributed by atoms with Crippen LogP contribution in [0.15, 0.2) is 29.3 Å². The van der Waals surface area contributed by atoms with Gasteiger partial charge in [0.2, 0.25) is 0 Å². The van der Waals surface area contributed by atoms with Crippen molar-refractivity contribution in [1.82, 2.24) is 10.2 Å². The number of guanidine groups is 1. The SMILES string of the molecule is CN=C(NCCSC)N1CC(C)OC(c2ccc(F)cc2)C1.I. The van der Waals surface area contributed by atoms with E-state index in [1.54, 1.807) is 30.9 Å². The predicted octanol–water partition coefficient (Wildman–Crippen LogP) is 3.14. The first-order valence-corrected chi connectivity index (χ1v) is 8.89. The van der Waals surface area contributed by atoms with E-state index in [1.807, 2.05) is 0 Å². The van der Waals surface area contributed by atoms with Gasteiger partial charge in [0.15, 0.2) is 5.96 Å². The van der Waals surface area contributed by atoms with E-state index in [0.29, 0.717) is 0 Å². The van der Waals surface area contributed by atoms with E-state index in [4.69, 9.17) is 4.74 Å². The average molecular weight is 453 g/mol. The molecule has 0 aliphatic carbocycles. The van der Waals surface area contributed by atoms with E-state index in [-0.39, 0.29) is 42.0 Å². The first kappa shape index (κ1) is 20.5. The van der Waals surface area contributed by atoms with E-state index < -0.39 is 0 Å². The molecule has 1 saturated heterocycles. The number of hydrogen-bond donors (Lipinski definition) is 1. The summed E-state index contributed by atoms with van der Waals surface area (Å²) in [6.45, 7) is 4.46. The second-order valence-electron chi connectivity index (χ2n) is 5.36. The van der Waals surface area contributed by atoms with E-state index in [0.717, 1.165) is 36.9 Å². The van der Waals surface area contributed by atoms with Crippen molar-refractivity contribution in [2.75, 3.05) is 38.7 Å². The zero-order valence-corrected chi connectivity index (χ0v) is 16.9. The number of thioether (sulfide) groups is 1. The summed E-state index contributed by atoms with van der Waals surface area (Å²) >= 11 is 1.80. The molecular formula is C16H25FIN3OS. The Labute approximate surface area is 159 Å². The number of rotatable bonds is 4. The molecule has 1 fully saturated rings. The van der Waals surface area contributed by atoms with Crippen molar-refractivity contribution in [3.63, 3.8) is 0 Å². The molecule has 130 valence electrons. The third-order valence-corrected chi connectivity index (χ3v) is 4.22. The highest BCUT2D eigenvalue weighted by Gasteiger charge is 2.28. The molecule has 23 heavy (non-hydrogen) atoms. The van der Waals surface area contributed by atoms with Gasteiger partial charge in [0.25, 0.3) is 0 Å². The minimum absolute atomic E-state index is 0. The van der Waals surface area contributed by atoms with Gasteiger partial charge in [0.1, 0.15) is 11.9 Å². The molecule has 1 aliphatic rings. The van der Waals surface area contributed by atoms with Crippen LogP contribution in [0.25, 0.3) is 0 Å². The summed E-state index contributed by atoms with van der Waals surface area (Å²) < 4.78 is 19.1. The summed E-state index contributed by atoms with van der Waals surface area (Å²) in [4.78, 5) is 6.58. The number of nitrogens with one attached hydrogen (secondary N) is 1. The van der Waals surface area contributed by atoms with Gasteiger partial charge < -0.3 is 15.0 Å². The second-order valence-corrected chi connectivity index (χ2v) is 6.34. The third kappa shape index (κ3) is 6.11. The molecule has 1 aromatic carbocycles. The minimum Gasteiger partial charge on any atom is -0.367 e. The number of morpholine rings is 1. The van der Waals surface area contributed by atoms with Crippen molar-refractivity contribution in [2.24, 2.45) is 4.99 Å². The second kappa shape index (κ2) is 10.4. The van der Waals surface area contributed by atoms with Gasteiger partial charge in [-0.05, 0) is 30.9 Å². The van der Waals surface area contributed by atoms with Crippen LogP contribution in [0.1, 0.15) is 18.6 Å². The predicted molar refractivity (Wildman–Crippen MR) is 106 cm³/mol. The van der Waals surface area contributed by atoms with Gasteiger partial charge in [-0.3, -0.25) is 4.99 Å². The fourth-order valence-electron chi connectivity index (χ4n) is 2.58. The lowest BCUT2D eigenvalue weighted by Crippen LogP contribution is -2.51. The Hall–Kier alpha value is -0.540. The summed E-state index contributed by atoms with van der Waals surface area (Å²) in [7, 11) is 1.80. The first-order valence-electron chi connectivity index (χ1n) is 7.49. The lowest BCUT2D eigenvalue weighted by Gasteiger charge is -2.38. The van der Waals surface area contributed by atoms with Crippen LogP contribution in [-0.4, -0.2) is 55.7 Å². The number of aliphatic imine (C=N–C) groups is 1. The Morgan fingerprint density at radius 3 is 2.70 bits per heavy atom. The number of halogens is 2. The van der Waals surface area contributed by atoms with Gasteiger partial charge >= 0.3 is 0 Å². The molecule has 0 amide bonds. The molecular weight excluding hydrogens is 428 g/mol. The third-order valence-electron chi connectivity index (χ3n) is 3.60. The number of benzene rings is 1. The van der Waals surface area contributed by atoms with Crippen LogP contribution in [0.2, 0.25) is 0 Å². The molecule has 0 bridgehead atoms. The standard InChI is InChI=1S/C16H24FN3OS.HI/c1-12-10-20(16(18-2)19-8-9-22-3)11-15(21-12)13-4-6-14(17)7-5-13;/h4-7,12,15H,8-11H2,1-3H3,(H,18,19);1H. The van der Waals surface area contributed by atoms with Crippen molar-refractivity contribution in [1.29, 1.82) is 0 Å². The maximum Gasteiger partial charge on any atom is 0.193 e. The fourth-order valence-corrected chi connectivity index (χ4v) is 2.89. The summed E-state index contributed by atoms with van der Waals surface area (Å²) in [5.41, 5.74) is 0.998. The quantitative estimate of drug-likeness (QED) is 0.329. The molecule has 0 spiro atoms. The molecule has 2 rings (SSSR count). The van der Waals surface area contributed by atoms with E-state index in [2.05, 4.69) is 28.4 Å². The van der Waals surface area contributed by atoms with Crippen LogP contribution < -0.4 is 5.32 Å². The maximum absolute atomic E-state index is 13.1. The van der Waals surface area contributed by atoms with Crippen LogP contribution in [0.5, 0.6) is 0 Å². The molecule has 4 nitrogen and oxygen atoms in total. The van der Waals surface area contributed by atoms with Crippen LogP contribution in [0.3, 0.4) is 0 Å². The molecule has 1 heterocycles. The molecule has 2 unspecified atom stereocenters. The van der Waals surface area contributed by atoms with Crippen LogP contribution in [-0.2, 0) is 4.74 Å². The van der Waals surface area contributed by atoms with Gasteiger partial charge in [-0.2, -0.15) is 11.8 Å². The number of hydrogen-bond acceptors (Lipinski definition) is 3. The Morgan fingerprint density at radius 2 is 2.09 bits per heavy atom. The summed E-state index contributed by atoms with van der Waals surface area (Å²) in [6, 6.07) is 6.54. The van der Waals surface area contributed by atoms with E-state index >= 15 is 0 Å². The average Bonchev–Trinajstić information content (AvgIpc) is 2.52. The number of nitrogens with zero attached hydrogens (tertiary/aromatic N) is 2. The highest BCUT2D eigenvalue weighted by Crippen LogP contribution is 2.25. The maximum atomic E-state index is 13.1. The zero-order chi connectivity index (χ0) is 15.9. The molecule has 1 aliphatic heterocycles. The van der Waals surface area contributed by atoms with Gasteiger partial charge in [-0.1, -0.05) is 12.1 Å². The largest absolute Gasteiger partial charge is 0.367 e. The minimum atomic E-state index is -0.223. The summed E-state index contributed by atoms with van der Waals surface area (Å²) in [5, 5.41) is 3.38. The topological polar surface area (TPSA) is 36.9 Å². The lowest BCUT2D eigenvalue weighted by atomic mass is 10.1. The van der Waals surface area contributed by atoms with Gasteiger partial charge in [-0.25, -0.2) is 4.39 Å². The van der Waals surface area contributed by atoms with E-state index in [9.17, 15) is 4.39 Å². The molecule has 0 radical (unpaired) electrons. The monoisotopic (exact) mass is 453 g/mol. The lowest BCUT2D eigenvalue weighted by molar-refractivity contribution is -0.0604. The molecule has 7 heteroatoms. The summed E-state index contributed by atoms with van der Waals surface area (Å²) in [5.74, 6) is 1.72. The highest BCUT2D eigenvalue weighted by molar-refractivity contribution is 14.0. The summed E-state index contributed by atoms with van der Waals surface area (Å²) in [6.07, 6.45) is 2.12. The Bertz CT molecular complexity index is 501. The Balaban J connectivity index is 0.00000264. The van der Waals surface area contributed by atoms with Crippen molar-refractivity contribution in [2.45, 2.75) is 19.1 Å². The van der Waals surface area contributed by atoms with E-state index in [1.165, 1.54) is 12.1 Å². The molecule has 1 aromatic rings. The Kier molecular flexibility index (Phi) is 9.23. The van der Waals surface area contributed by atoms with Gasteiger partial charge in [0.05, 0.1) is 12.6 Å². The zero-order valence-electron chi connectivity index (χ0n) is 13.8. The van der Waals surface area contributed by atoms with Crippen molar-refractivity contribution in [3.05, 3.63) is 35.6 Å². The highest BCUT2D eigenvalue weighted by atomic mass is 127. The molecule has 0 aromatic heterocycles. The van der Waals surface area contributed by atoms with Crippen LogP contribution >= 0.6 is 35.7 Å². The van der Waals surface area contributed by atoms with Crippen molar-refractivity contribution < 1.29 is 9.13 Å². The fraction of sp³-hybridized carbons (Fsp3) is 0.562. The van der Waals surface area contributed by atoms with Crippen molar-refractivity contribution in [3.8, 4) is 0 Å². The number of ether oxygens (including phenoxy) is 1. The van der Waals surface area contributed by atoms with Crippen LogP contribution in [0.4, 0.5) is 4.39 Å². The molecule has 0 saturated carbocycles. The smallest absolute Gasteiger partial charge is 0.193 e. The van der Waals surface area contributed by atoms with Gasteiger partial charge in [-0.15, -0.1) is 24.0 Å². The van der Waals surface area contributed by atoms with Gasteiger partial charge in [0, 0.05) is 25.9 Å². The normalized spacial score (nSPS) is 21.7. The van der Waals surface area contributed by atoms with Crippen LogP contribution in [0, 0.1) is 5.82 Å².